The summed E-state index contributed by atoms with van der Waals surface area (Å²) in [6, 6.07) is 9.49. The van der Waals surface area contributed by atoms with Crippen molar-refractivity contribution in [3.8, 4) is 27.8 Å². The van der Waals surface area contributed by atoms with Gasteiger partial charge in [-0.25, -0.2) is 4.98 Å². The van der Waals surface area contributed by atoms with Crippen molar-refractivity contribution >= 4 is 22.9 Å². The van der Waals surface area contributed by atoms with Crippen molar-refractivity contribution in [1.29, 1.82) is 0 Å². The summed E-state index contributed by atoms with van der Waals surface area (Å²) in [6.45, 7) is 0.632. The standard InChI is InChI=1S/C21H15F3N2O4S/c22-21(23,24)30-14-4-5-16-12(8-14)2-1-7-26(16)20(27)15-10-31-19(25-15)13-3-6-17-18(9-13)29-11-28-17/h3-6,8-10H,1-2,7,11H2. The van der Waals surface area contributed by atoms with Gasteiger partial charge in [0.05, 0.1) is 0 Å². The van der Waals surface area contributed by atoms with Gasteiger partial charge in [-0.1, -0.05) is 0 Å². The third kappa shape index (κ3) is 3.90. The Morgan fingerprint density at radius 2 is 1.97 bits per heavy atom. The van der Waals surface area contributed by atoms with Crippen molar-refractivity contribution in [3.05, 3.63) is 53.0 Å². The summed E-state index contributed by atoms with van der Waals surface area (Å²) in [5.41, 5.74) is 2.29. The van der Waals surface area contributed by atoms with E-state index in [4.69, 9.17) is 9.47 Å². The third-order valence-corrected chi connectivity index (χ3v) is 5.88. The molecule has 0 unspecified atom stereocenters. The van der Waals surface area contributed by atoms with Crippen molar-refractivity contribution in [2.75, 3.05) is 18.2 Å². The van der Waals surface area contributed by atoms with E-state index in [1.165, 1.54) is 29.5 Å². The minimum absolute atomic E-state index is 0.171. The Labute approximate surface area is 178 Å². The van der Waals surface area contributed by atoms with Crippen LogP contribution in [0.5, 0.6) is 17.2 Å². The molecule has 31 heavy (non-hydrogen) atoms. The number of carbonyl (C=O) groups excluding carboxylic acids is 1. The van der Waals surface area contributed by atoms with Crippen LogP contribution < -0.4 is 19.1 Å². The van der Waals surface area contributed by atoms with Crippen molar-refractivity contribution in [2.45, 2.75) is 19.2 Å². The number of aryl methyl sites for hydroxylation is 1. The number of hydrogen-bond acceptors (Lipinski definition) is 6. The molecule has 2 aliphatic heterocycles. The third-order valence-electron chi connectivity index (χ3n) is 4.99. The highest BCUT2D eigenvalue weighted by Gasteiger charge is 2.32. The summed E-state index contributed by atoms with van der Waals surface area (Å²) in [5.74, 6) is 0.700. The van der Waals surface area contributed by atoms with Crippen LogP contribution >= 0.6 is 11.3 Å². The van der Waals surface area contributed by atoms with Gasteiger partial charge in [0.2, 0.25) is 6.79 Å². The van der Waals surface area contributed by atoms with Crippen LogP contribution in [0, 0.1) is 0 Å². The predicted molar refractivity (Wildman–Crippen MR) is 107 cm³/mol. The van der Waals surface area contributed by atoms with Gasteiger partial charge in [0.15, 0.2) is 11.5 Å². The molecule has 0 spiro atoms. The highest BCUT2D eigenvalue weighted by atomic mass is 32.1. The quantitative estimate of drug-likeness (QED) is 0.563. The number of amides is 1. The minimum atomic E-state index is -4.76. The van der Waals surface area contributed by atoms with Gasteiger partial charge in [0.1, 0.15) is 16.5 Å². The lowest BCUT2D eigenvalue weighted by molar-refractivity contribution is -0.274. The number of nitrogens with zero attached hydrogens (tertiary/aromatic N) is 2. The average molecular weight is 448 g/mol. The van der Waals surface area contributed by atoms with E-state index >= 15 is 0 Å². The zero-order valence-electron chi connectivity index (χ0n) is 15.9. The first-order chi connectivity index (χ1) is 14.9. The van der Waals surface area contributed by atoms with E-state index in [1.807, 2.05) is 12.1 Å². The first kappa shape index (κ1) is 19.7. The van der Waals surface area contributed by atoms with E-state index < -0.39 is 6.36 Å². The molecule has 0 atom stereocenters. The first-order valence-electron chi connectivity index (χ1n) is 9.43. The van der Waals surface area contributed by atoms with Gasteiger partial charge < -0.3 is 19.1 Å². The van der Waals surface area contributed by atoms with Crippen LogP contribution in [0.4, 0.5) is 18.9 Å². The fourth-order valence-electron chi connectivity index (χ4n) is 3.65. The summed E-state index contributed by atoms with van der Waals surface area (Å²) in [7, 11) is 0. The van der Waals surface area contributed by atoms with Crippen LogP contribution in [0.15, 0.2) is 41.8 Å². The van der Waals surface area contributed by atoms with E-state index in [9.17, 15) is 18.0 Å². The van der Waals surface area contributed by atoms with Gasteiger partial charge in [-0.2, -0.15) is 0 Å². The maximum Gasteiger partial charge on any atom is 0.573 e. The number of fused-ring (bicyclic) bond motifs is 2. The number of benzene rings is 2. The van der Waals surface area contributed by atoms with Crippen LogP contribution in [0.1, 0.15) is 22.5 Å². The number of carbonyl (C=O) groups is 1. The van der Waals surface area contributed by atoms with Crippen LogP contribution in [-0.4, -0.2) is 30.6 Å². The molecule has 2 aromatic carbocycles. The molecule has 0 bridgehead atoms. The molecule has 3 aromatic rings. The maximum absolute atomic E-state index is 13.1. The SMILES string of the molecule is O=C(c1csc(-c2ccc3c(c2)OCO3)n1)N1CCCc2cc(OC(F)(F)F)ccc21. The largest absolute Gasteiger partial charge is 0.573 e. The predicted octanol–water partition coefficient (Wildman–Crippen LogP) is 5.03. The monoisotopic (exact) mass is 448 g/mol. The molecule has 0 N–H and O–H groups in total. The van der Waals surface area contributed by atoms with E-state index in [-0.39, 0.29) is 24.1 Å². The van der Waals surface area contributed by atoms with Crippen molar-refractivity contribution in [3.63, 3.8) is 0 Å². The van der Waals surface area contributed by atoms with Crippen LogP contribution in [0.3, 0.4) is 0 Å². The van der Waals surface area contributed by atoms with Crippen LogP contribution in [0.25, 0.3) is 10.6 Å². The van der Waals surface area contributed by atoms with E-state index in [2.05, 4.69) is 9.72 Å². The van der Waals surface area contributed by atoms with E-state index in [0.29, 0.717) is 47.1 Å². The molecule has 3 heterocycles. The van der Waals surface area contributed by atoms with Gasteiger partial charge in [0.25, 0.3) is 5.91 Å². The Kier molecular flexibility index (Phi) is 4.73. The summed E-state index contributed by atoms with van der Waals surface area (Å²) < 4.78 is 52.2. The number of ether oxygens (including phenoxy) is 3. The normalized spacial score (nSPS) is 15.0. The molecule has 1 aromatic heterocycles. The number of hydrogen-bond donors (Lipinski definition) is 0. The Morgan fingerprint density at radius 1 is 1.13 bits per heavy atom. The second-order valence-electron chi connectivity index (χ2n) is 7.00. The molecule has 0 radical (unpaired) electrons. The molecule has 0 fully saturated rings. The number of anilines is 1. The Balaban J connectivity index is 1.39. The summed E-state index contributed by atoms with van der Waals surface area (Å²) in [4.78, 5) is 19.2. The summed E-state index contributed by atoms with van der Waals surface area (Å²) in [5, 5.41) is 2.34. The molecule has 0 saturated carbocycles. The van der Waals surface area contributed by atoms with Crippen molar-refractivity contribution in [1.82, 2.24) is 4.98 Å². The lowest BCUT2D eigenvalue weighted by Crippen LogP contribution is -2.35. The molecule has 6 nitrogen and oxygen atoms in total. The number of thiazole rings is 1. The Morgan fingerprint density at radius 3 is 2.81 bits per heavy atom. The van der Waals surface area contributed by atoms with E-state index in [1.54, 1.807) is 16.3 Å². The Bertz CT molecular complexity index is 1160. The van der Waals surface area contributed by atoms with Gasteiger partial charge in [0, 0.05) is 23.2 Å². The molecule has 5 rings (SSSR count). The number of aromatic nitrogens is 1. The second kappa shape index (κ2) is 7.45. The number of alkyl halides is 3. The summed E-state index contributed by atoms with van der Waals surface area (Å²) >= 11 is 1.33. The van der Waals surface area contributed by atoms with Gasteiger partial charge in [-0.05, 0) is 54.8 Å². The average Bonchev–Trinajstić information content (AvgIpc) is 3.40. The van der Waals surface area contributed by atoms with Gasteiger partial charge in [-0.3, -0.25) is 4.79 Å². The second-order valence-corrected chi connectivity index (χ2v) is 7.86. The highest BCUT2D eigenvalue weighted by molar-refractivity contribution is 7.13. The molecule has 160 valence electrons. The molecule has 0 aliphatic carbocycles. The summed E-state index contributed by atoms with van der Waals surface area (Å²) in [6.07, 6.45) is -3.56. The lowest BCUT2D eigenvalue weighted by Gasteiger charge is -2.29. The highest BCUT2D eigenvalue weighted by Crippen LogP contribution is 2.37. The molecule has 1 amide bonds. The van der Waals surface area contributed by atoms with Crippen molar-refractivity contribution < 1.29 is 32.2 Å². The molecule has 0 saturated heterocycles. The maximum atomic E-state index is 13.1. The van der Waals surface area contributed by atoms with Gasteiger partial charge >= 0.3 is 6.36 Å². The lowest BCUT2D eigenvalue weighted by atomic mass is 10.0. The molecule has 2 aliphatic rings. The molecular formula is C21H15F3N2O4S. The molecular weight excluding hydrogens is 433 g/mol. The Hall–Kier alpha value is -3.27. The zero-order valence-corrected chi connectivity index (χ0v) is 16.8. The van der Waals surface area contributed by atoms with Crippen LogP contribution in [0.2, 0.25) is 0 Å². The fourth-order valence-corrected chi connectivity index (χ4v) is 4.44. The van der Waals surface area contributed by atoms with Crippen molar-refractivity contribution in [2.24, 2.45) is 0 Å². The van der Waals surface area contributed by atoms with Gasteiger partial charge in [-0.15, -0.1) is 24.5 Å². The topological polar surface area (TPSA) is 60.9 Å². The first-order valence-corrected chi connectivity index (χ1v) is 10.3. The fraction of sp³-hybridized carbons (Fsp3) is 0.238. The van der Waals surface area contributed by atoms with Crippen LogP contribution in [-0.2, 0) is 6.42 Å². The molecule has 10 heteroatoms. The zero-order chi connectivity index (χ0) is 21.6. The van der Waals surface area contributed by atoms with E-state index in [0.717, 1.165) is 5.56 Å². The number of halogens is 3. The minimum Gasteiger partial charge on any atom is -0.454 e. The number of rotatable bonds is 3. The smallest absolute Gasteiger partial charge is 0.454 e.